The van der Waals surface area contributed by atoms with Crippen molar-refractivity contribution in [1.82, 2.24) is 0 Å². The summed E-state index contributed by atoms with van der Waals surface area (Å²) in [5.41, 5.74) is 0.827. The van der Waals surface area contributed by atoms with Gasteiger partial charge < -0.3 is 0 Å². The lowest BCUT2D eigenvalue weighted by Gasteiger charge is -2.39. The predicted octanol–water partition coefficient (Wildman–Crippen LogP) is 10.0. The SMILES string of the molecule is CCCCCCCCCCCCCCC(C)C(=O)C1C[C@@H](C)[C@]23CC[C@@H](C)[C@H](C2)C(C)(C)[C@H]13. The fourth-order valence-electron chi connectivity index (χ4n) is 9.17. The first-order chi connectivity index (χ1) is 15.8. The molecule has 0 saturated heterocycles. The Morgan fingerprint density at radius 3 is 2.00 bits per heavy atom. The van der Waals surface area contributed by atoms with Crippen LogP contribution >= 0.6 is 0 Å². The van der Waals surface area contributed by atoms with E-state index in [2.05, 4.69) is 41.5 Å². The van der Waals surface area contributed by atoms with Crippen molar-refractivity contribution in [2.45, 2.75) is 151 Å². The van der Waals surface area contributed by atoms with Crippen molar-refractivity contribution in [1.29, 1.82) is 0 Å². The molecule has 3 fully saturated rings. The highest BCUT2D eigenvalue weighted by Gasteiger charge is 2.68. The Morgan fingerprint density at radius 1 is 0.879 bits per heavy atom. The Balaban J connectivity index is 1.36. The lowest BCUT2D eigenvalue weighted by molar-refractivity contribution is -0.129. The minimum absolute atomic E-state index is 0.272. The van der Waals surface area contributed by atoms with E-state index in [1.807, 2.05) is 0 Å². The Morgan fingerprint density at radius 2 is 1.42 bits per heavy atom. The molecular weight excluding hydrogens is 400 g/mol. The van der Waals surface area contributed by atoms with Crippen molar-refractivity contribution >= 4 is 5.78 Å². The maximum absolute atomic E-state index is 13.7. The third-order valence-corrected chi connectivity index (χ3v) is 11.1. The van der Waals surface area contributed by atoms with Gasteiger partial charge in [0.1, 0.15) is 5.78 Å². The van der Waals surface area contributed by atoms with Gasteiger partial charge in [-0.15, -0.1) is 0 Å². The molecule has 3 rings (SSSR count). The zero-order valence-corrected chi connectivity index (χ0v) is 23.4. The summed E-state index contributed by atoms with van der Waals surface area (Å²) in [6.45, 7) is 14.6. The molecule has 1 nitrogen and oxygen atoms in total. The molecule has 2 bridgehead atoms. The van der Waals surface area contributed by atoms with Gasteiger partial charge in [-0.3, -0.25) is 4.79 Å². The van der Waals surface area contributed by atoms with Crippen LogP contribution in [-0.4, -0.2) is 5.78 Å². The molecule has 33 heavy (non-hydrogen) atoms. The lowest BCUT2D eigenvalue weighted by Crippen LogP contribution is -2.37. The van der Waals surface area contributed by atoms with Crippen LogP contribution in [0.25, 0.3) is 0 Å². The van der Waals surface area contributed by atoms with Gasteiger partial charge in [-0.05, 0) is 66.6 Å². The summed E-state index contributed by atoms with van der Waals surface area (Å²) in [6, 6.07) is 0. The number of fused-ring (bicyclic) bond motifs is 1. The maximum atomic E-state index is 13.7. The predicted molar refractivity (Wildman–Crippen MR) is 143 cm³/mol. The summed E-state index contributed by atoms with van der Waals surface area (Å²) in [6.07, 6.45) is 23.2. The smallest absolute Gasteiger partial charge is 0.139 e. The first-order valence-electron chi connectivity index (χ1n) is 15.3. The number of hydrogen-bond acceptors (Lipinski definition) is 1. The van der Waals surface area contributed by atoms with Crippen LogP contribution in [0.1, 0.15) is 151 Å². The van der Waals surface area contributed by atoms with Crippen LogP contribution < -0.4 is 0 Å². The van der Waals surface area contributed by atoms with Gasteiger partial charge in [0, 0.05) is 11.8 Å². The molecule has 2 unspecified atom stereocenters. The summed E-state index contributed by atoms with van der Waals surface area (Å²) in [4.78, 5) is 13.7. The van der Waals surface area contributed by atoms with E-state index in [4.69, 9.17) is 0 Å². The van der Waals surface area contributed by atoms with Crippen LogP contribution in [-0.2, 0) is 4.79 Å². The average Bonchev–Trinajstić information content (AvgIpc) is 3.18. The van der Waals surface area contributed by atoms with Crippen molar-refractivity contribution in [2.24, 2.45) is 46.3 Å². The number of unbranched alkanes of at least 4 members (excludes halogenated alkanes) is 11. The molecule has 0 aromatic heterocycles. The van der Waals surface area contributed by atoms with Gasteiger partial charge in [0.15, 0.2) is 0 Å². The number of Topliss-reactive ketones (excluding diaryl/α,β-unsaturated/α-hetero) is 1. The van der Waals surface area contributed by atoms with Crippen LogP contribution in [0.5, 0.6) is 0 Å². The largest absolute Gasteiger partial charge is 0.299 e. The van der Waals surface area contributed by atoms with E-state index < -0.39 is 0 Å². The number of hydrogen-bond donors (Lipinski definition) is 0. The molecule has 3 aliphatic carbocycles. The fourth-order valence-corrected chi connectivity index (χ4v) is 9.17. The molecular formula is C32H58O. The van der Waals surface area contributed by atoms with E-state index in [0.717, 1.165) is 24.2 Å². The van der Waals surface area contributed by atoms with Gasteiger partial charge in [0.05, 0.1) is 0 Å². The third kappa shape index (κ3) is 5.91. The van der Waals surface area contributed by atoms with E-state index in [0.29, 0.717) is 28.4 Å². The summed E-state index contributed by atoms with van der Waals surface area (Å²) in [7, 11) is 0. The third-order valence-electron chi connectivity index (χ3n) is 11.1. The average molecular weight is 459 g/mol. The van der Waals surface area contributed by atoms with Gasteiger partial charge in [-0.25, -0.2) is 0 Å². The van der Waals surface area contributed by atoms with E-state index >= 15 is 0 Å². The summed E-state index contributed by atoms with van der Waals surface area (Å²) in [5.74, 6) is 4.32. The van der Waals surface area contributed by atoms with Crippen LogP contribution in [0.15, 0.2) is 0 Å². The zero-order valence-electron chi connectivity index (χ0n) is 23.4. The van der Waals surface area contributed by atoms with E-state index in [1.165, 1.54) is 103 Å². The van der Waals surface area contributed by atoms with Gasteiger partial charge in [0.25, 0.3) is 0 Å². The monoisotopic (exact) mass is 458 g/mol. The number of carbonyl (C=O) groups is 1. The lowest BCUT2D eigenvalue weighted by atomic mass is 9.65. The number of carbonyl (C=O) groups excluding carboxylic acids is 1. The first-order valence-corrected chi connectivity index (χ1v) is 15.3. The van der Waals surface area contributed by atoms with Crippen molar-refractivity contribution in [3.05, 3.63) is 0 Å². The normalized spacial score (nSPS) is 35.5. The van der Waals surface area contributed by atoms with Crippen LogP contribution in [0.2, 0.25) is 0 Å². The second-order valence-electron chi connectivity index (χ2n) is 13.6. The van der Waals surface area contributed by atoms with Gasteiger partial charge >= 0.3 is 0 Å². The number of rotatable bonds is 15. The van der Waals surface area contributed by atoms with Crippen molar-refractivity contribution in [2.75, 3.05) is 0 Å². The van der Waals surface area contributed by atoms with Crippen LogP contribution in [0.4, 0.5) is 0 Å². The van der Waals surface area contributed by atoms with Crippen molar-refractivity contribution < 1.29 is 4.79 Å². The van der Waals surface area contributed by atoms with Crippen LogP contribution in [0.3, 0.4) is 0 Å². The molecule has 7 atom stereocenters. The molecule has 0 heterocycles. The summed E-state index contributed by atoms with van der Waals surface area (Å²) >= 11 is 0. The zero-order chi connectivity index (χ0) is 24.1. The minimum atomic E-state index is 0.272. The topological polar surface area (TPSA) is 17.1 Å². The maximum Gasteiger partial charge on any atom is 0.139 e. The highest BCUT2D eigenvalue weighted by molar-refractivity contribution is 5.84. The molecule has 0 aliphatic heterocycles. The standard InChI is InChI=1S/C32H58O/c1-7-8-9-10-11-12-13-14-15-16-17-18-19-25(3)29(33)27-22-26(4)32-21-20-24(2)28(23-32)31(5,6)30(27)32/h24-28,30H,7-23H2,1-6H3/t24-,25?,26-,27?,28+,30+,32+/m1/s1. The number of ketones is 1. The Hall–Kier alpha value is -0.330. The molecule has 1 spiro atoms. The molecule has 1 heteroatoms. The van der Waals surface area contributed by atoms with E-state index in [9.17, 15) is 4.79 Å². The van der Waals surface area contributed by atoms with E-state index in [1.54, 1.807) is 0 Å². The Labute approximate surface area is 207 Å². The van der Waals surface area contributed by atoms with Crippen molar-refractivity contribution in [3.63, 3.8) is 0 Å². The van der Waals surface area contributed by atoms with Crippen molar-refractivity contribution in [3.8, 4) is 0 Å². The fraction of sp³-hybridized carbons (Fsp3) is 0.969. The summed E-state index contributed by atoms with van der Waals surface area (Å²) in [5, 5.41) is 0. The molecule has 0 amide bonds. The molecule has 192 valence electrons. The van der Waals surface area contributed by atoms with Gasteiger partial charge in [-0.1, -0.05) is 119 Å². The van der Waals surface area contributed by atoms with Gasteiger partial charge in [0.2, 0.25) is 0 Å². The molecule has 3 aliphatic rings. The van der Waals surface area contributed by atoms with Crippen LogP contribution in [0, 0.1) is 46.3 Å². The highest BCUT2D eigenvalue weighted by atomic mass is 16.1. The molecule has 0 aromatic rings. The second kappa shape index (κ2) is 12.1. The highest BCUT2D eigenvalue weighted by Crippen LogP contribution is 2.74. The van der Waals surface area contributed by atoms with E-state index in [-0.39, 0.29) is 5.92 Å². The first kappa shape index (κ1) is 27.3. The quantitative estimate of drug-likeness (QED) is 0.223. The van der Waals surface area contributed by atoms with Gasteiger partial charge in [-0.2, -0.15) is 0 Å². The Kier molecular flexibility index (Phi) is 9.97. The Bertz CT molecular complexity index is 606. The minimum Gasteiger partial charge on any atom is -0.299 e. The molecule has 0 N–H and O–H groups in total. The second-order valence-corrected chi connectivity index (χ2v) is 13.6. The molecule has 0 radical (unpaired) electrons. The molecule has 3 saturated carbocycles. The molecule has 0 aromatic carbocycles. The summed E-state index contributed by atoms with van der Waals surface area (Å²) < 4.78 is 0.